The van der Waals surface area contributed by atoms with Crippen LogP contribution in [0.4, 0.5) is 10.3 Å². The number of halogens is 1. The van der Waals surface area contributed by atoms with Crippen molar-refractivity contribution in [1.29, 1.82) is 0 Å². The van der Waals surface area contributed by atoms with Gasteiger partial charge in [0.1, 0.15) is 11.4 Å². The highest BCUT2D eigenvalue weighted by Gasteiger charge is 2.24. The Hall–Kier alpha value is -3.97. The first-order chi connectivity index (χ1) is 17.6. The van der Waals surface area contributed by atoms with Crippen molar-refractivity contribution >= 4 is 28.0 Å². The molecular formula is C29H27FN4O2. The lowest BCUT2D eigenvalue weighted by atomic mass is 10.1. The zero-order chi connectivity index (χ0) is 24.5. The zero-order valence-electron chi connectivity index (χ0n) is 19.9. The van der Waals surface area contributed by atoms with Crippen molar-refractivity contribution in [3.8, 4) is 0 Å². The van der Waals surface area contributed by atoms with Crippen molar-refractivity contribution in [2.45, 2.75) is 25.4 Å². The molecule has 7 heteroatoms. The number of rotatable bonds is 7. The third kappa shape index (κ3) is 4.62. The third-order valence-corrected chi connectivity index (χ3v) is 6.93. The van der Waals surface area contributed by atoms with E-state index in [9.17, 15) is 9.18 Å². The molecule has 1 aliphatic heterocycles. The number of imidazole rings is 1. The number of nitrogens with zero attached hydrogens (tertiary/aromatic N) is 3. The average Bonchev–Trinajstić information content (AvgIpc) is 3.48. The van der Waals surface area contributed by atoms with Gasteiger partial charge in [0.05, 0.1) is 17.6 Å². The second-order valence-electron chi connectivity index (χ2n) is 9.41. The molecule has 0 spiro atoms. The van der Waals surface area contributed by atoms with Crippen molar-refractivity contribution < 1.29 is 8.81 Å². The van der Waals surface area contributed by atoms with E-state index in [1.54, 1.807) is 0 Å². The highest BCUT2D eigenvalue weighted by atomic mass is 19.1. The van der Waals surface area contributed by atoms with E-state index in [1.807, 2.05) is 60.7 Å². The summed E-state index contributed by atoms with van der Waals surface area (Å²) in [7, 11) is 0. The lowest BCUT2D eigenvalue weighted by molar-refractivity contribution is 0.339. The van der Waals surface area contributed by atoms with Crippen LogP contribution < -0.4 is 10.9 Å². The minimum Gasteiger partial charge on any atom is -0.423 e. The van der Waals surface area contributed by atoms with Gasteiger partial charge in [-0.05, 0) is 54.8 Å². The van der Waals surface area contributed by atoms with Gasteiger partial charge >= 0.3 is 5.63 Å². The summed E-state index contributed by atoms with van der Waals surface area (Å²) in [6, 6.07) is 24.5. The van der Waals surface area contributed by atoms with Crippen LogP contribution in [0.25, 0.3) is 22.0 Å². The van der Waals surface area contributed by atoms with Gasteiger partial charge < -0.3 is 19.2 Å². The van der Waals surface area contributed by atoms with Gasteiger partial charge in [-0.1, -0.05) is 42.5 Å². The second kappa shape index (κ2) is 9.59. The summed E-state index contributed by atoms with van der Waals surface area (Å²) in [5, 5.41) is 4.60. The summed E-state index contributed by atoms with van der Waals surface area (Å²) in [5.41, 5.74) is 4.08. The molecule has 0 aliphatic carbocycles. The minimum atomic E-state index is -0.253. The molecule has 1 fully saturated rings. The summed E-state index contributed by atoms with van der Waals surface area (Å²) in [6.07, 6.45) is 1.65. The van der Waals surface area contributed by atoms with Crippen LogP contribution in [0.1, 0.15) is 17.5 Å². The molecular weight excluding hydrogens is 455 g/mol. The Morgan fingerprint density at radius 1 is 1.03 bits per heavy atom. The monoisotopic (exact) mass is 482 g/mol. The molecule has 2 aromatic heterocycles. The number of benzene rings is 3. The van der Waals surface area contributed by atoms with E-state index in [1.165, 1.54) is 12.1 Å². The molecule has 182 valence electrons. The SMILES string of the molecule is O=c1oc2ccccc2cc1CCN1CCC(Nc2nc3ccccc3n2Cc2ccc(F)cc2)C1. The molecule has 0 amide bonds. The first-order valence-corrected chi connectivity index (χ1v) is 12.3. The number of likely N-dealkylation sites (tertiary alicyclic amines) is 1. The lowest BCUT2D eigenvalue weighted by Gasteiger charge is -2.18. The van der Waals surface area contributed by atoms with E-state index < -0.39 is 0 Å². The summed E-state index contributed by atoms with van der Waals surface area (Å²) in [6.45, 7) is 3.23. The maximum atomic E-state index is 13.4. The number of fused-ring (bicyclic) bond motifs is 2. The normalized spacial score (nSPS) is 16.2. The molecule has 6 rings (SSSR count). The fourth-order valence-corrected chi connectivity index (χ4v) is 5.01. The van der Waals surface area contributed by atoms with Crippen LogP contribution in [0.2, 0.25) is 0 Å². The Labute approximate surface area is 208 Å². The van der Waals surface area contributed by atoms with Gasteiger partial charge in [-0.15, -0.1) is 0 Å². The quantitative estimate of drug-likeness (QED) is 0.329. The summed E-state index contributed by atoms with van der Waals surface area (Å²) < 4.78 is 21.1. The van der Waals surface area contributed by atoms with Gasteiger partial charge in [0, 0.05) is 36.6 Å². The largest absolute Gasteiger partial charge is 0.423 e. The number of para-hydroxylation sites is 3. The Balaban J connectivity index is 1.15. The Morgan fingerprint density at radius 2 is 1.83 bits per heavy atom. The molecule has 5 aromatic rings. The fourth-order valence-electron chi connectivity index (χ4n) is 5.01. The molecule has 3 heterocycles. The first-order valence-electron chi connectivity index (χ1n) is 12.3. The van der Waals surface area contributed by atoms with Crippen molar-refractivity contribution in [2.24, 2.45) is 0 Å². The number of hydrogen-bond acceptors (Lipinski definition) is 5. The molecule has 0 bridgehead atoms. The number of nitrogens with one attached hydrogen (secondary N) is 1. The topological polar surface area (TPSA) is 63.3 Å². The van der Waals surface area contributed by atoms with Crippen molar-refractivity contribution in [3.63, 3.8) is 0 Å². The van der Waals surface area contributed by atoms with Crippen molar-refractivity contribution in [3.05, 3.63) is 106 Å². The van der Waals surface area contributed by atoms with Crippen LogP contribution in [0, 0.1) is 5.82 Å². The standard InChI is InChI=1S/C29H27FN4O2/c30-23-11-9-20(10-12-23)18-34-26-7-3-2-6-25(26)32-29(34)31-24-14-16-33(19-24)15-13-22-17-21-5-1-4-8-27(21)36-28(22)35/h1-12,17,24H,13-16,18-19H2,(H,31,32). The Morgan fingerprint density at radius 3 is 2.72 bits per heavy atom. The fraction of sp³-hybridized carbons (Fsp3) is 0.241. The van der Waals surface area contributed by atoms with Gasteiger partial charge in [0.15, 0.2) is 0 Å². The third-order valence-electron chi connectivity index (χ3n) is 6.93. The zero-order valence-corrected chi connectivity index (χ0v) is 19.9. The number of hydrogen-bond donors (Lipinski definition) is 1. The predicted octanol–water partition coefficient (Wildman–Crippen LogP) is 5.06. The maximum Gasteiger partial charge on any atom is 0.339 e. The first kappa shape index (κ1) is 22.5. The van der Waals surface area contributed by atoms with E-state index in [2.05, 4.69) is 20.9 Å². The molecule has 1 N–H and O–H groups in total. The molecule has 0 saturated carbocycles. The van der Waals surface area contributed by atoms with Gasteiger partial charge in [0.25, 0.3) is 0 Å². The van der Waals surface area contributed by atoms with Crippen molar-refractivity contribution in [2.75, 3.05) is 25.0 Å². The number of anilines is 1. The van der Waals surface area contributed by atoms with Gasteiger partial charge in [-0.3, -0.25) is 0 Å². The van der Waals surface area contributed by atoms with E-state index in [4.69, 9.17) is 9.40 Å². The Kier molecular flexibility index (Phi) is 5.99. The van der Waals surface area contributed by atoms with Gasteiger partial charge in [0.2, 0.25) is 5.95 Å². The van der Waals surface area contributed by atoms with Crippen molar-refractivity contribution in [1.82, 2.24) is 14.5 Å². The highest BCUT2D eigenvalue weighted by Crippen LogP contribution is 2.24. The van der Waals surface area contributed by atoms with Gasteiger partial charge in [-0.2, -0.15) is 0 Å². The second-order valence-corrected chi connectivity index (χ2v) is 9.41. The van der Waals surface area contributed by atoms with Gasteiger partial charge in [-0.25, -0.2) is 14.2 Å². The maximum absolute atomic E-state index is 13.4. The molecule has 36 heavy (non-hydrogen) atoms. The van der Waals surface area contributed by atoms with Crippen LogP contribution in [0.5, 0.6) is 0 Å². The smallest absolute Gasteiger partial charge is 0.339 e. The van der Waals surface area contributed by atoms with E-state index in [-0.39, 0.29) is 17.5 Å². The van der Waals surface area contributed by atoms with Crippen LogP contribution in [-0.2, 0) is 13.0 Å². The molecule has 3 aromatic carbocycles. The lowest BCUT2D eigenvalue weighted by Crippen LogP contribution is -2.29. The van der Waals surface area contributed by atoms with Crippen LogP contribution in [-0.4, -0.2) is 40.1 Å². The predicted molar refractivity (Wildman–Crippen MR) is 140 cm³/mol. The molecule has 1 aliphatic rings. The molecule has 0 radical (unpaired) electrons. The van der Waals surface area contributed by atoms with E-state index >= 15 is 0 Å². The van der Waals surface area contributed by atoms with E-state index in [0.29, 0.717) is 24.1 Å². The van der Waals surface area contributed by atoms with Crippen LogP contribution in [0.15, 0.2) is 88.1 Å². The minimum absolute atomic E-state index is 0.236. The average molecular weight is 483 g/mol. The van der Waals surface area contributed by atoms with E-state index in [0.717, 1.165) is 54.0 Å². The summed E-state index contributed by atoms with van der Waals surface area (Å²) in [4.78, 5) is 19.6. The highest BCUT2D eigenvalue weighted by molar-refractivity contribution is 5.79. The number of aromatic nitrogens is 2. The molecule has 1 atom stereocenters. The molecule has 1 saturated heterocycles. The molecule has 6 nitrogen and oxygen atoms in total. The summed E-state index contributed by atoms with van der Waals surface area (Å²) >= 11 is 0. The Bertz CT molecular complexity index is 1570. The summed E-state index contributed by atoms with van der Waals surface area (Å²) in [5.74, 6) is 0.586. The van der Waals surface area contributed by atoms with Crippen LogP contribution >= 0.6 is 0 Å². The molecule has 1 unspecified atom stereocenters. The van der Waals surface area contributed by atoms with Crippen LogP contribution in [0.3, 0.4) is 0 Å².